The molecule has 4 aromatic rings. The largest absolute Gasteiger partial charge is 0.534 e. The van der Waals surface area contributed by atoms with Gasteiger partial charge in [0.15, 0.2) is 34.5 Å². The molecule has 0 saturated heterocycles. The molecule has 0 aliphatic heterocycles. The topological polar surface area (TPSA) is 279 Å². The summed E-state index contributed by atoms with van der Waals surface area (Å²) < 4.78 is 429. The average molecular weight is 1450 g/mol. The van der Waals surface area contributed by atoms with Crippen LogP contribution in [0.1, 0.15) is 0 Å². The number of rotatable bonds is 15. The number of halogens is 20. The van der Waals surface area contributed by atoms with Crippen LogP contribution >= 0.6 is 45.2 Å². The zero-order chi connectivity index (χ0) is 57.7. The Morgan fingerprint density at radius 1 is 0.311 bits per heavy atom. The van der Waals surface area contributed by atoms with Gasteiger partial charge in [0, 0.05) is 51.9 Å². The third kappa shape index (κ3) is 11.8. The molecule has 74 heavy (non-hydrogen) atoms. The van der Waals surface area contributed by atoms with E-state index < -0.39 is 192 Å². The molecule has 0 N–H and O–H groups in total. The number of alkyl halides is 18. The van der Waals surface area contributed by atoms with Crippen LogP contribution in [-0.4, -0.2) is 97.8 Å². The Bertz CT molecular complexity index is 3430. The number of hydrogen-bond donors (Lipinski definition) is 0. The van der Waals surface area contributed by atoms with Crippen molar-refractivity contribution in [3.63, 3.8) is 0 Å². The number of hydrogen-bond acceptors (Lipinski definition) is 20. The van der Waals surface area contributed by atoms with Gasteiger partial charge in [-0.3, -0.25) is 0 Å². The standard InChI is InChI=1S/C28H10F18I2O20S6/c1-61-9-3-7(47)15-19(11(63-69(49,50)23(29,30)31)5-13(65-71(53,54)25(35,36)37)21(15)67-73(57,58)27(41,42)43)17(9)18-10(62-2)4-8(48)16-20(18)12(64-70(51,52)24(32,33)34)6-14(66-72(55,56)26(38,39)40)22(16)68-74(59,60)28(44,45)46/h3-6H,1-2H3. The second-order valence-corrected chi connectivity index (χ2v) is 24.2. The zero-order valence-electron chi connectivity index (χ0n) is 33.5. The van der Waals surface area contributed by atoms with Crippen LogP contribution in [0.3, 0.4) is 0 Å². The van der Waals surface area contributed by atoms with E-state index in [1.807, 2.05) is 0 Å². The lowest BCUT2D eigenvalue weighted by molar-refractivity contribution is -0.0513. The Labute approximate surface area is 424 Å². The summed E-state index contributed by atoms with van der Waals surface area (Å²) in [5.74, 6) is -18.9. The fraction of sp³-hybridized carbons (Fsp3) is 0.286. The van der Waals surface area contributed by atoms with E-state index in [0.717, 1.165) is 0 Å². The van der Waals surface area contributed by atoms with E-state index in [2.05, 4.69) is 25.1 Å². The van der Waals surface area contributed by atoms with Crippen LogP contribution in [-0.2, 0) is 60.7 Å². The van der Waals surface area contributed by atoms with Gasteiger partial charge in [-0.2, -0.15) is 130 Å². The smallest absolute Gasteiger partial charge is 0.496 e. The molecule has 418 valence electrons. The molecule has 20 nitrogen and oxygen atoms in total. The Morgan fingerprint density at radius 2 is 0.514 bits per heavy atom. The average Bonchev–Trinajstić information content (AvgIpc) is 3.17. The van der Waals surface area contributed by atoms with E-state index in [1.165, 1.54) is 0 Å². The summed E-state index contributed by atoms with van der Waals surface area (Å²) in [6.07, 6.45) is 0. The summed E-state index contributed by atoms with van der Waals surface area (Å²) in [4.78, 5) is 0. The number of ether oxygens (including phenoxy) is 2. The van der Waals surface area contributed by atoms with Crippen molar-refractivity contribution in [1.82, 2.24) is 0 Å². The van der Waals surface area contributed by atoms with Gasteiger partial charge in [0.25, 0.3) is 0 Å². The number of benzene rings is 4. The predicted octanol–water partition coefficient (Wildman–Crippen LogP) is 8.26. The summed E-state index contributed by atoms with van der Waals surface area (Å²) in [7, 11) is -44.5. The van der Waals surface area contributed by atoms with Crippen molar-refractivity contribution >= 4 is 127 Å². The first-order chi connectivity index (χ1) is 32.7. The quantitative estimate of drug-likeness (QED) is 0.0468. The number of methoxy groups -OCH3 is 2. The second-order valence-electron chi connectivity index (χ2n) is 12.7. The molecule has 4 rings (SSSR count). The van der Waals surface area contributed by atoms with E-state index in [4.69, 9.17) is 9.47 Å². The lowest BCUT2D eigenvalue weighted by Crippen LogP contribution is -2.31. The van der Waals surface area contributed by atoms with Crippen molar-refractivity contribution in [3.05, 3.63) is 31.4 Å². The van der Waals surface area contributed by atoms with E-state index >= 15 is 0 Å². The summed E-state index contributed by atoms with van der Waals surface area (Å²) in [5.41, 5.74) is -44.7. The SMILES string of the molecule is COc1cc(I)c2c(OS(=O)(=O)C(F)(F)F)c(OS(=O)(=O)C(F)(F)F)cc(OS(=O)(=O)C(F)(F)F)c2c1-c1c(OC)cc(I)c2c(OS(=O)(=O)C(F)(F)F)c(OS(=O)(=O)C(F)(F)F)cc(OS(=O)(=O)C(F)(F)F)c12. The van der Waals surface area contributed by atoms with Gasteiger partial charge < -0.3 is 34.6 Å². The van der Waals surface area contributed by atoms with E-state index in [-0.39, 0.29) is 12.1 Å². The first-order valence-electron chi connectivity index (χ1n) is 16.5. The van der Waals surface area contributed by atoms with E-state index in [9.17, 15) is 130 Å². The van der Waals surface area contributed by atoms with Gasteiger partial charge in [-0.1, -0.05) is 0 Å². The molecule has 0 aromatic heterocycles. The molecule has 0 aliphatic rings. The van der Waals surface area contributed by atoms with Crippen molar-refractivity contribution in [1.29, 1.82) is 0 Å². The zero-order valence-corrected chi connectivity index (χ0v) is 42.7. The van der Waals surface area contributed by atoms with Gasteiger partial charge in [0.2, 0.25) is 0 Å². The Hall–Kier alpha value is -4.30. The highest BCUT2D eigenvalue weighted by Crippen LogP contribution is 2.59. The van der Waals surface area contributed by atoms with Crippen LogP contribution in [0.2, 0.25) is 0 Å². The number of fused-ring (bicyclic) bond motifs is 2. The third-order valence-corrected chi connectivity index (χ3v) is 15.5. The summed E-state index contributed by atoms with van der Waals surface area (Å²) in [6, 6.07) is -1.66. The molecule has 4 aromatic carbocycles. The van der Waals surface area contributed by atoms with Crippen LogP contribution in [0.15, 0.2) is 24.3 Å². The molecule has 0 spiro atoms. The molecule has 0 unspecified atom stereocenters. The van der Waals surface area contributed by atoms with Crippen LogP contribution in [0, 0.1) is 7.14 Å². The third-order valence-electron chi connectivity index (χ3n) is 7.98. The monoisotopic (exact) mass is 1450 g/mol. The Balaban J connectivity index is 2.70. The molecule has 0 heterocycles. The fourth-order valence-electron chi connectivity index (χ4n) is 5.17. The maximum atomic E-state index is 14.0. The van der Waals surface area contributed by atoms with Gasteiger partial charge in [0.1, 0.15) is 11.5 Å². The molecule has 0 bridgehead atoms. The molecule has 0 atom stereocenters. The normalized spacial score (nSPS) is 14.2. The van der Waals surface area contributed by atoms with Crippen LogP contribution in [0.4, 0.5) is 79.0 Å². The van der Waals surface area contributed by atoms with Gasteiger partial charge in [-0.25, -0.2) is 0 Å². The highest BCUT2D eigenvalue weighted by Gasteiger charge is 2.55. The van der Waals surface area contributed by atoms with Gasteiger partial charge in [0.05, 0.1) is 14.2 Å². The molecular formula is C28H10F18I2O20S6. The summed E-state index contributed by atoms with van der Waals surface area (Å²) >= 11 is 1.39. The lowest BCUT2D eigenvalue weighted by atomic mass is 9.90. The van der Waals surface area contributed by atoms with Crippen molar-refractivity contribution in [2.24, 2.45) is 0 Å². The second kappa shape index (κ2) is 19.3. The first-order valence-corrected chi connectivity index (χ1v) is 27.1. The fourth-order valence-corrected chi connectivity index (χ4v) is 9.55. The Morgan fingerprint density at radius 3 is 0.716 bits per heavy atom. The van der Waals surface area contributed by atoms with E-state index in [0.29, 0.717) is 59.4 Å². The molecule has 0 radical (unpaired) electrons. The summed E-state index contributed by atoms with van der Waals surface area (Å²) in [6.45, 7) is 0. The predicted molar refractivity (Wildman–Crippen MR) is 219 cm³/mol. The van der Waals surface area contributed by atoms with Crippen molar-refractivity contribution < 1.29 is 164 Å². The van der Waals surface area contributed by atoms with Crippen molar-refractivity contribution in [2.45, 2.75) is 33.0 Å². The van der Waals surface area contributed by atoms with Crippen LogP contribution in [0.5, 0.6) is 46.0 Å². The molecule has 0 aliphatic carbocycles. The molecular weight excluding hydrogens is 1440 g/mol. The first kappa shape index (κ1) is 62.2. The molecule has 0 fully saturated rings. The minimum Gasteiger partial charge on any atom is -0.496 e. The molecule has 0 saturated carbocycles. The van der Waals surface area contributed by atoms with Crippen LogP contribution < -0.4 is 34.6 Å². The lowest BCUT2D eigenvalue weighted by Gasteiger charge is -2.25. The van der Waals surface area contributed by atoms with E-state index in [1.54, 1.807) is 0 Å². The van der Waals surface area contributed by atoms with Gasteiger partial charge >= 0.3 is 93.8 Å². The van der Waals surface area contributed by atoms with Crippen molar-refractivity contribution in [2.75, 3.05) is 14.2 Å². The maximum Gasteiger partial charge on any atom is 0.534 e. The maximum absolute atomic E-state index is 14.0. The molecule has 46 heteroatoms. The highest BCUT2D eigenvalue weighted by molar-refractivity contribution is 14.1. The van der Waals surface area contributed by atoms with Gasteiger partial charge in [-0.05, 0) is 57.3 Å². The van der Waals surface area contributed by atoms with Crippen LogP contribution in [0.25, 0.3) is 32.7 Å². The minimum atomic E-state index is -7.55. The minimum absolute atomic E-state index is 0.129. The molecule has 0 amide bonds. The summed E-state index contributed by atoms with van der Waals surface area (Å²) in [5, 5.41) is -8.38. The Kier molecular flexibility index (Phi) is 16.2. The highest BCUT2D eigenvalue weighted by atomic mass is 127. The van der Waals surface area contributed by atoms with Crippen molar-refractivity contribution in [3.8, 4) is 57.1 Å². The van der Waals surface area contributed by atoms with Gasteiger partial charge in [-0.15, -0.1) is 0 Å².